The van der Waals surface area contributed by atoms with Crippen LogP contribution in [0.2, 0.25) is 0 Å². The summed E-state index contributed by atoms with van der Waals surface area (Å²) in [5.41, 5.74) is 0.918. The average Bonchev–Trinajstić information content (AvgIpc) is 2.18. The van der Waals surface area contributed by atoms with Gasteiger partial charge < -0.3 is 5.11 Å². The maximum absolute atomic E-state index is 9.86. The summed E-state index contributed by atoms with van der Waals surface area (Å²) in [6.45, 7) is 3.63. The highest BCUT2D eigenvalue weighted by atomic mass is 79.9. The van der Waals surface area contributed by atoms with E-state index in [9.17, 15) is 5.11 Å². The zero-order chi connectivity index (χ0) is 10.6. The molecule has 0 aromatic heterocycles. The van der Waals surface area contributed by atoms with Crippen molar-refractivity contribution in [3.63, 3.8) is 0 Å². The Morgan fingerprint density at radius 3 is 2.79 bits per heavy atom. The Kier molecular flexibility index (Phi) is 4.85. The molecule has 3 heteroatoms. The van der Waals surface area contributed by atoms with Crippen molar-refractivity contribution in [1.82, 2.24) is 0 Å². The zero-order valence-electron chi connectivity index (χ0n) is 7.71. The van der Waals surface area contributed by atoms with E-state index in [1.54, 1.807) is 0 Å². The minimum Gasteiger partial charge on any atom is -0.388 e. The number of benzene rings is 1. The Hall–Kier alpha value is -0.120. The van der Waals surface area contributed by atoms with Crippen LogP contribution in [0.3, 0.4) is 0 Å². The lowest BCUT2D eigenvalue weighted by molar-refractivity contribution is 0.168. The van der Waals surface area contributed by atoms with Crippen LogP contribution >= 0.6 is 31.9 Å². The molecule has 76 valence electrons. The highest BCUT2D eigenvalue weighted by Gasteiger charge is 2.10. The lowest BCUT2D eigenvalue weighted by Gasteiger charge is -2.12. The Labute approximate surface area is 101 Å². The Morgan fingerprint density at radius 1 is 1.43 bits per heavy atom. The molecule has 0 saturated heterocycles. The average molecular weight is 320 g/mol. The van der Waals surface area contributed by atoms with Crippen LogP contribution in [0, 0.1) is 0 Å². The summed E-state index contributed by atoms with van der Waals surface area (Å²) in [7, 11) is 0. The van der Waals surface area contributed by atoms with Crippen LogP contribution in [0.5, 0.6) is 0 Å². The number of halogens is 2. The highest BCUT2D eigenvalue weighted by Crippen LogP contribution is 2.29. The fourth-order valence-electron chi connectivity index (χ4n) is 1.20. The smallest absolute Gasteiger partial charge is 0.0804 e. The molecule has 0 bridgehead atoms. The van der Waals surface area contributed by atoms with Gasteiger partial charge in [-0.05, 0) is 36.6 Å². The minimum absolute atomic E-state index is 0.431. The molecule has 1 rings (SSSR count). The predicted molar refractivity (Wildman–Crippen MR) is 66.2 cm³/mol. The van der Waals surface area contributed by atoms with E-state index in [4.69, 9.17) is 0 Å². The Balaban J connectivity index is 2.82. The van der Waals surface area contributed by atoms with Gasteiger partial charge in [0.15, 0.2) is 0 Å². The van der Waals surface area contributed by atoms with Gasteiger partial charge in [-0.3, -0.25) is 0 Å². The van der Waals surface area contributed by atoms with Gasteiger partial charge in [-0.15, -0.1) is 6.58 Å². The van der Waals surface area contributed by atoms with Crippen molar-refractivity contribution in [2.24, 2.45) is 0 Å². The van der Waals surface area contributed by atoms with Crippen molar-refractivity contribution in [2.45, 2.75) is 18.9 Å². The van der Waals surface area contributed by atoms with Gasteiger partial charge in [0.05, 0.1) is 6.10 Å². The topological polar surface area (TPSA) is 20.2 Å². The van der Waals surface area contributed by atoms with E-state index in [1.807, 2.05) is 24.3 Å². The fraction of sp³-hybridized carbons (Fsp3) is 0.273. The number of hydrogen-bond donors (Lipinski definition) is 1. The maximum Gasteiger partial charge on any atom is 0.0804 e. The standard InChI is InChI=1S/C11H12Br2O/c1-2-3-4-11(14)9-7-8(12)5-6-10(9)13/h2,5-7,11,14H,1,3-4H2. The molecular formula is C11H12Br2O. The van der Waals surface area contributed by atoms with Crippen LogP contribution < -0.4 is 0 Å². The summed E-state index contributed by atoms with van der Waals surface area (Å²) in [5, 5.41) is 9.86. The summed E-state index contributed by atoms with van der Waals surface area (Å²) in [5.74, 6) is 0. The van der Waals surface area contributed by atoms with Gasteiger partial charge >= 0.3 is 0 Å². The Morgan fingerprint density at radius 2 is 2.14 bits per heavy atom. The molecule has 0 aliphatic heterocycles. The summed E-state index contributed by atoms with van der Waals surface area (Å²) in [6.07, 6.45) is 2.91. The van der Waals surface area contributed by atoms with E-state index in [-0.39, 0.29) is 0 Å². The number of aliphatic hydroxyl groups excluding tert-OH is 1. The van der Waals surface area contributed by atoms with E-state index in [2.05, 4.69) is 38.4 Å². The third kappa shape index (κ3) is 3.23. The van der Waals surface area contributed by atoms with Crippen molar-refractivity contribution in [3.05, 3.63) is 45.4 Å². The first kappa shape index (κ1) is 12.0. The molecule has 0 amide bonds. The van der Waals surface area contributed by atoms with E-state index < -0.39 is 6.10 Å². The van der Waals surface area contributed by atoms with E-state index >= 15 is 0 Å². The lowest BCUT2D eigenvalue weighted by Crippen LogP contribution is -1.97. The second-order valence-electron chi connectivity index (χ2n) is 3.05. The van der Waals surface area contributed by atoms with Gasteiger partial charge in [-0.2, -0.15) is 0 Å². The quantitative estimate of drug-likeness (QED) is 0.824. The second kappa shape index (κ2) is 5.69. The molecule has 0 radical (unpaired) electrons. The van der Waals surface area contributed by atoms with E-state index in [0.717, 1.165) is 20.9 Å². The molecule has 0 heterocycles. The molecule has 0 aliphatic carbocycles. The summed E-state index contributed by atoms with van der Waals surface area (Å²) >= 11 is 6.80. The summed E-state index contributed by atoms with van der Waals surface area (Å²) in [6, 6.07) is 5.79. The molecule has 0 saturated carbocycles. The first-order valence-electron chi connectivity index (χ1n) is 4.39. The third-order valence-electron chi connectivity index (χ3n) is 1.96. The van der Waals surface area contributed by atoms with Crippen LogP contribution in [0.15, 0.2) is 39.8 Å². The SMILES string of the molecule is C=CCCC(O)c1cc(Br)ccc1Br. The number of rotatable bonds is 4. The maximum atomic E-state index is 9.86. The van der Waals surface area contributed by atoms with Crippen LogP contribution in [-0.4, -0.2) is 5.11 Å². The number of aliphatic hydroxyl groups is 1. The first-order valence-corrected chi connectivity index (χ1v) is 5.97. The molecule has 1 unspecified atom stereocenters. The van der Waals surface area contributed by atoms with Gasteiger partial charge in [-0.1, -0.05) is 37.9 Å². The van der Waals surface area contributed by atoms with Crippen molar-refractivity contribution in [2.75, 3.05) is 0 Å². The van der Waals surface area contributed by atoms with Crippen molar-refractivity contribution in [3.8, 4) is 0 Å². The molecule has 1 aromatic carbocycles. The third-order valence-corrected chi connectivity index (χ3v) is 3.18. The monoisotopic (exact) mass is 318 g/mol. The fourth-order valence-corrected chi connectivity index (χ4v) is 2.09. The van der Waals surface area contributed by atoms with E-state index in [0.29, 0.717) is 6.42 Å². The van der Waals surface area contributed by atoms with Gasteiger partial charge in [0.2, 0.25) is 0 Å². The van der Waals surface area contributed by atoms with Crippen LogP contribution in [-0.2, 0) is 0 Å². The van der Waals surface area contributed by atoms with E-state index in [1.165, 1.54) is 0 Å². The van der Waals surface area contributed by atoms with Crippen molar-refractivity contribution < 1.29 is 5.11 Å². The largest absolute Gasteiger partial charge is 0.388 e. The molecule has 1 nitrogen and oxygen atoms in total. The minimum atomic E-state index is -0.431. The predicted octanol–water partition coefficient (Wildman–Crippen LogP) is 4.21. The van der Waals surface area contributed by atoms with Gasteiger partial charge in [0, 0.05) is 8.95 Å². The Bertz CT molecular complexity index is 323. The summed E-state index contributed by atoms with van der Waals surface area (Å²) < 4.78 is 1.92. The van der Waals surface area contributed by atoms with Crippen molar-refractivity contribution in [1.29, 1.82) is 0 Å². The van der Waals surface area contributed by atoms with Gasteiger partial charge in [0.25, 0.3) is 0 Å². The molecule has 1 atom stereocenters. The van der Waals surface area contributed by atoms with Gasteiger partial charge in [-0.25, -0.2) is 0 Å². The molecule has 1 aromatic rings. The normalized spacial score (nSPS) is 12.5. The molecule has 0 fully saturated rings. The molecule has 0 spiro atoms. The molecular weight excluding hydrogens is 308 g/mol. The number of allylic oxidation sites excluding steroid dienone is 1. The molecule has 0 aliphatic rings. The second-order valence-corrected chi connectivity index (χ2v) is 4.82. The van der Waals surface area contributed by atoms with Crippen LogP contribution in [0.1, 0.15) is 24.5 Å². The van der Waals surface area contributed by atoms with Gasteiger partial charge in [0.1, 0.15) is 0 Å². The number of hydrogen-bond acceptors (Lipinski definition) is 1. The zero-order valence-corrected chi connectivity index (χ0v) is 10.9. The highest BCUT2D eigenvalue weighted by molar-refractivity contribution is 9.11. The van der Waals surface area contributed by atoms with Crippen LogP contribution in [0.25, 0.3) is 0 Å². The lowest BCUT2D eigenvalue weighted by atomic mass is 10.1. The first-order chi connectivity index (χ1) is 6.65. The summed E-state index contributed by atoms with van der Waals surface area (Å²) in [4.78, 5) is 0. The van der Waals surface area contributed by atoms with Crippen LogP contribution in [0.4, 0.5) is 0 Å². The van der Waals surface area contributed by atoms with Crippen molar-refractivity contribution >= 4 is 31.9 Å². The molecule has 1 N–H and O–H groups in total. The molecule has 14 heavy (non-hydrogen) atoms.